The molecule has 0 radical (unpaired) electrons. The average molecular weight is 242 g/mol. The molecule has 5 nitrogen and oxygen atoms in total. The standard InChI is InChI=1S/C12H22N2O3/c15-12(11-9-16-6-7-17-11)14-5-3-10-2-1-4-13-8-10/h10-11,13H,1-9H2,(H,14,15). The molecule has 0 aliphatic carbocycles. The molecule has 2 fully saturated rings. The minimum Gasteiger partial charge on any atom is -0.376 e. The Hall–Kier alpha value is -0.650. The summed E-state index contributed by atoms with van der Waals surface area (Å²) in [6, 6.07) is 0. The lowest BCUT2D eigenvalue weighted by Gasteiger charge is -2.24. The zero-order chi connectivity index (χ0) is 11.9. The van der Waals surface area contributed by atoms with Gasteiger partial charge in [0.25, 0.3) is 5.91 Å². The van der Waals surface area contributed by atoms with Gasteiger partial charge in [-0.3, -0.25) is 4.79 Å². The summed E-state index contributed by atoms with van der Waals surface area (Å²) in [4.78, 5) is 11.7. The van der Waals surface area contributed by atoms with Crippen molar-refractivity contribution < 1.29 is 14.3 Å². The summed E-state index contributed by atoms with van der Waals surface area (Å²) in [6.45, 7) is 4.46. The highest BCUT2D eigenvalue weighted by Crippen LogP contribution is 2.12. The molecule has 2 N–H and O–H groups in total. The van der Waals surface area contributed by atoms with E-state index in [1.165, 1.54) is 12.8 Å². The number of hydrogen-bond acceptors (Lipinski definition) is 4. The van der Waals surface area contributed by atoms with Crippen molar-refractivity contribution in [2.24, 2.45) is 5.92 Å². The second-order valence-corrected chi connectivity index (χ2v) is 4.73. The number of amides is 1. The molecular weight excluding hydrogens is 220 g/mol. The number of carbonyl (C=O) groups excluding carboxylic acids is 1. The molecule has 2 heterocycles. The summed E-state index contributed by atoms with van der Waals surface area (Å²) in [5.41, 5.74) is 0. The Labute approximate surface area is 102 Å². The smallest absolute Gasteiger partial charge is 0.251 e. The molecule has 2 atom stereocenters. The normalized spacial score (nSPS) is 29.9. The van der Waals surface area contributed by atoms with Crippen LogP contribution in [0.2, 0.25) is 0 Å². The van der Waals surface area contributed by atoms with Gasteiger partial charge in [0.05, 0.1) is 19.8 Å². The average Bonchev–Trinajstić information content (AvgIpc) is 2.41. The summed E-state index contributed by atoms with van der Waals surface area (Å²) < 4.78 is 10.5. The fourth-order valence-corrected chi connectivity index (χ4v) is 2.32. The van der Waals surface area contributed by atoms with E-state index in [0.29, 0.717) is 25.7 Å². The number of carbonyl (C=O) groups is 1. The first-order valence-corrected chi connectivity index (χ1v) is 6.54. The van der Waals surface area contributed by atoms with Gasteiger partial charge in [0.2, 0.25) is 0 Å². The first-order valence-electron chi connectivity index (χ1n) is 6.54. The zero-order valence-electron chi connectivity index (χ0n) is 10.2. The van der Waals surface area contributed by atoms with E-state index in [0.717, 1.165) is 26.1 Å². The van der Waals surface area contributed by atoms with Crippen molar-refractivity contribution in [1.29, 1.82) is 0 Å². The second kappa shape index (κ2) is 6.93. The molecule has 2 aliphatic rings. The van der Waals surface area contributed by atoms with E-state index in [4.69, 9.17) is 9.47 Å². The van der Waals surface area contributed by atoms with Gasteiger partial charge in [-0.1, -0.05) is 0 Å². The van der Waals surface area contributed by atoms with Crippen LogP contribution >= 0.6 is 0 Å². The van der Waals surface area contributed by atoms with Crippen molar-refractivity contribution in [1.82, 2.24) is 10.6 Å². The molecular formula is C12H22N2O3. The maximum absolute atomic E-state index is 11.7. The van der Waals surface area contributed by atoms with Crippen LogP contribution in [0.1, 0.15) is 19.3 Å². The summed E-state index contributed by atoms with van der Waals surface area (Å²) in [6.07, 6.45) is 3.16. The molecule has 0 aromatic heterocycles. The third-order valence-electron chi connectivity index (χ3n) is 3.36. The van der Waals surface area contributed by atoms with Gasteiger partial charge in [0, 0.05) is 6.54 Å². The van der Waals surface area contributed by atoms with Crippen molar-refractivity contribution >= 4 is 5.91 Å². The molecule has 0 bridgehead atoms. The number of rotatable bonds is 4. The molecule has 0 saturated carbocycles. The quantitative estimate of drug-likeness (QED) is 0.723. The molecule has 17 heavy (non-hydrogen) atoms. The third-order valence-corrected chi connectivity index (χ3v) is 3.36. The van der Waals surface area contributed by atoms with Gasteiger partial charge in [0.15, 0.2) is 6.10 Å². The Morgan fingerprint density at radius 2 is 2.35 bits per heavy atom. The summed E-state index contributed by atoms with van der Waals surface area (Å²) >= 11 is 0. The first kappa shape index (κ1) is 12.8. The van der Waals surface area contributed by atoms with Crippen molar-refractivity contribution in [3.8, 4) is 0 Å². The Morgan fingerprint density at radius 1 is 1.41 bits per heavy atom. The van der Waals surface area contributed by atoms with E-state index in [1.54, 1.807) is 0 Å². The second-order valence-electron chi connectivity index (χ2n) is 4.73. The molecule has 2 aliphatic heterocycles. The van der Waals surface area contributed by atoms with Gasteiger partial charge >= 0.3 is 0 Å². The van der Waals surface area contributed by atoms with Gasteiger partial charge in [-0.2, -0.15) is 0 Å². The number of piperidine rings is 1. The minimum atomic E-state index is -0.409. The molecule has 2 rings (SSSR count). The van der Waals surface area contributed by atoms with Crippen LogP contribution in [0.4, 0.5) is 0 Å². The third kappa shape index (κ3) is 4.26. The van der Waals surface area contributed by atoms with Crippen molar-refractivity contribution in [2.45, 2.75) is 25.4 Å². The predicted molar refractivity (Wildman–Crippen MR) is 63.8 cm³/mol. The largest absolute Gasteiger partial charge is 0.376 e. The van der Waals surface area contributed by atoms with Crippen LogP contribution in [0.5, 0.6) is 0 Å². The lowest BCUT2D eigenvalue weighted by atomic mass is 9.96. The van der Waals surface area contributed by atoms with Gasteiger partial charge in [-0.15, -0.1) is 0 Å². The van der Waals surface area contributed by atoms with Gasteiger partial charge in [0.1, 0.15) is 0 Å². The van der Waals surface area contributed by atoms with E-state index in [9.17, 15) is 4.79 Å². The van der Waals surface area contributed by atoms with E-state index < -0.39 is 6.10 Å². The summed E-state index contributed by atoms with van der Waals surface area (Å²) in [5.74, 6) is 0.668. The lowest BCUT2D eigenvalue weighted by Crippen LogP contribution is -2.43. The molecule has 1 amide bonds. The van der Waals surface area contributed by atoms with Crippen LogP contribution in [0.15, 0.2) is 0 Å². The Bertz CT molecular complexity index is 236. The van der Waals surface area contributed by atoms with Gasteiger partial charge in [-0.05, 0) is 38.3 Å². The fourth-order valence-electron chi connectivity index (χ4n) is 2.32. The number of ether oxygens (including phenoxy) is 2. The zero-order valence-corrected chi connectivity index (χ0v) is 10.2. The Morgan fingerprint density at radius 3 is 3.06 bits per heavy atom. The van der Waals surface area contributed by atoms with E-state index in [1.807, 2.05) is 0 Å². The summed E-state index contributed by atoms with van der Waals surface area (Å²) in [5, 5.41) is 6.31. The molecule has 5 heteroatoms. The van der Waals surface area contributed by atoms with Crippen molar-refractivity contribution in [3.05, 3.63) is 0 Å². The van der Waals surface area contributed by atoms with Crippen LogP contribution in [-0.2, 0) is 14.3 Å². The van der Waals surface area contributed by atoms with Crippen LogP contribution < -0.4 is 10.6 Å². The van der Waals surface area contributed by atoms with Crippen LogP contribution in [-0.4, -0.2) is 51.5 Å². The topological polar surface area (TPSA) is 59.6 Å². The molecule has 0 aromatic carbocycles. The molecule has 2 unspecified atom stereocenters. The van der Waals surface area contributed by atoms with E-state index >= 15 is 0 Å². The lowest BCUT2D eigenvalue weighted by molar-refractivity contribution is -0.147. The molecule has 98 valence electrons. The van der Waals surface area contributed by atoms with Crippen LogP contribution in [0, 0.1) is 5.92 Å². The Balaban J connectivity index is 1.58. The van der Waals surface area contributed by atoms with Crippen LogP contribution in [0.3, 0.4) is 0 Å². The van der Waals surface area contributed by atoms with Gasteiger partial charge < -0.3 is 20.1 Å². The number of nitrogens with one attached hydrogen (secondary N) is 2. The highest BCUT2D eigenvalue weighted by atomic mass is 16.6. The summed E-state index contributed by atoms with van der Waals surface area (Å²) in [7, 11) is 0. The van der Waals surface area contributed by atoms with E-state index in [2.05, 4.69) is 10.6 Å². The maximum Gasteiger partial charge on any atom is 0.251 e. The van der Waals surface area contributed by atoms with Gasteiger partial charge in [-0.25, -0.2) is 0 Å². The highest BCUT2D eigenvalue weighted by molar-refractivity contribution is 5.80. The number of hydrogen-bond donors (Lipinski definition) is 2. The molecule has 0 spiro atoms. The molecule has 2 saturated heterocycles. The van der Waals surface area contributed by atoms with Crippen molar-refractivity contribution in [2.75, 3.05) is 39.5 Å². The predicted octanol–water partition coefficient (Wildman–Crippen LogP) is -0.0923. The maximum atomic E-state index is 11.7. The first-order chi connectivity index (χ1) is 8.36. The van der Waals surface area contributed by atoms with E-state index in [-0.39, 0.29) is 5.91 Å². The fraction of sp³-hybridized carbons (Fsp3) is 0.917. The minimum absolute atomic E-state index is 0.0338. The van der Waals surface area contributed by atoms with Crippen LogP contribution in [0.25, 0.3) is 0 Å². The monoisotopic (exact) mass is 242 g/mol. The van der Waals surface area contributed by atoms with Crippen molar-refractivity contribution in [3.63, 3.8) is 0 Å². The Kier molecular flexibility index (Phi) is 5.22. The SMILES string of the molecule is O=C(NCCC1CCCNC1)C1COCCO1. The highest BCUT2D eigenvalue weighted by Gasteiger charge is 2.22. The molecule has 0 aromatic rings.